The lowest BCUT2D eigenvalue weighted by Gasteiger charge is -2.33. The van der Waals surface area contributed by atoms with Crippen molar-refractivity contribution in [2.24, 2.45) is 5.92 Å². The number of alkyl halides is 3. The van der Waals surface area contributed by atoms with E-state index in [1.165, 1.54) is 23.4 Å². The number of nitrogens with one attached hydrogen (secondary N) is 1. The normalized spacial score (nSPS) is 19.1. The van der Waals surface area contributed by atoms with E-state index in [0.29, 0.717) is 18.3 Å². The molecule has 0 aliphatic carbocycles. The largest absolute Gasteiger partial charge is 0.493 e. The summed E-state index contributed by atoms with van der Waals surface area (Å²) in [6, 6.07) is 13.7. The summed E-state index contributed by atoms with van der Waals surface area (Å²) in [6.45, 7) is 8.53. The van der Waals surface area contributed by atoms with E-state index in [1.807, 2.05) is 0 Å². The van der Waals surface area contributed by atoms with Crippen LogP contribution in [0.2, 0.25) is 0 Å². The molecule has 0 spiro atoms. The van der Waals surface area contributed by atoms with E-state index in [-0.39, 0.29) is 18.3 Å². The number of hydrogen-bond acceptors (Lipinski definition) is 3. The van der Waals surface area contributed by atoms with Gasteiger partial charge >= 0.3 is 6.18 Å². The highest BCUT2D eigenvalue weighted by atomic mass is 35.5. The Morgan fingerprint density at radius 2 is 1.63 bits per heavy atom. The van der Waals surface area contributed by atoms with Crippen LogP contribution in [0.3, 0.4) is 0 Å². The van der Waals surface area contributed by atoms with Gasteiger partial charge in [0, 0.05) is 31.2 Å². The van der Waals surface area contributed by atoms with E-state index in [9.17, 15) is 13.2 Å². The lowest BCUT2D eigenvalue weighted by atomic mass is 9.81. The Hall–Kier alpha value is -1.92. The van der Waals surface area contributed by atoms with Crippen molar-refractivity contribution in [3.8, 4) is 5.75 Å². The van der Waals surface area contributed by atoms with Gasteiger partial charge in [0.2, 0.25) is 0 Å². The average molecular weight is 443 g/mol. The van der Waals surface area contributed by atoms with Crippen molar-refractivity contribution >= 4 is 18.1 Å². The highest BCUT2D eigenvalue weighted by Gasteiger charge is 2.30. The van der Waals surface area contributed by atoms with Gasteiger partial charge in [-0.15, -0.1) is 12.4 Å². The molecule has 1 saturated heterocycles. The maximum atomic E-state index is 12.7. The number of anilines is 1. The fourth-order valence-electron chi connectivity index (χ4n) is 4.00. The minimum Gasteiger partial charge on any atom is -0.493 e. The van der Waals surface area contributed by atoms with Crippen molar-refractivity contribution in [2.45, 2.75) is 32.4 Å². The van der Waals surface area contributed by atoms with E-state index < -0.39 is 11.7 Å². The maximum absolute atomic E-state index is 12.7. The third-order valence-corrected chi connectivity index (χ3v) is 5.70. The minimum atomic E-state index is -4.33. The standard InChI is InChI=1S/C23H29F3N2O.ClH/c1-3-28(4-2)20-9-5-17(6-10-20)22-13-14-27-15-18(22)16-29-21-11-7-19(8-12-21)23(24,25)26;/h5-12,18,22,27H,3-4,13-16H2,1-2H3;1H/t18-,22-;/m0./s1. The fraction of sp³-hybridized carbons (Fsp3) is 0.478. The molecule has 0 bridgehead atoms. The second-order valence-electron chi connectivity index (χ2n) is 7.46. The monoisotopic (exact) mass is 442 g/mol. The SMILES string of the molecule is CCN(CC)c1ccc([C@@H]2CCNC[C@H]2COc2ccc(C(F)(F)F)cc2)cc1.Cl. The van der Waals surface area contributed by atoms with Crippen LogP contribution < -0.4 is 15.0 Å². The van der Waals surface area contributed by atoms with Gasteiger partial charge in [-0.3, -0.25) is 0 Å². The van der Waals surface area contributed by atoms with Crippen LogP contribution in [0.15, 0.2) is 48.5 Å². The van der Waals surface area contributed by atoms with Gasteiger partial charge in [0.15, 0.2) is 0 Å². The van der Waals surface area contributed by atoms with Gasteiger partial charge in [-0.1, -0.05) is 12.1 Å². The number of nitrogens with zero attached hydrogens (tertiary/aromatic N) is 1. The Morgan fingerprint density at radius 1 is 1.00 bits per heavy atom. The topological polar surface area (TPSA) is 24.5 Å². The van der Waals surface area contributed by atoms with Crippen LogP contribution in [0.25, 0.3) is 0 Å². The first-order valence-corrected chi connectivity index (χ1v) is 10.3. The highest BCUT2D eigenvalue weighted by molar-refractivity contribution is 5.85. The van der Waals surface area contributed by atoms with Crippen molar-refractivity contribution in [3.05, 3.63) is 59.7 Å². The van der Waals surface area contributed by atoms with Crippen LogP contribution in [-0.4, -0.2) is 32.8 Å². The Balaban J connectivity index is 0.00000320. The summed E-state index contributed by atoms with van der Waals surface area (Å²) < 4.78 is 44.0. The zero-order valence-electron chi connectivity index (χ0n) is 17.4. The molecule has 0 amide bonds. The van der Waals surface area contributed by atoms with Gasteiger partial charge in [0.1, 0.15) is 5.75 Å². The second-order valence-corrected chi connectivity index (χ2v) is 7.46. The Labute approximate surface area is 183 Å². The molecule has 1 fully saturated rings. The van der Waals surface area contributed by atoms with Crippen molar-refractivity contribution in [2.75, 3.05) is 37.7 Å². The first-order chi connectivity index (χ1) is 13.9. The van der Waals surface area contributed by atoms with Gasteiger partial charge in [-0.05, 0) is 74.7 Å². The molecular weight excluding hydrogens is 413 g/mol. The zero-order chi connectivity index (χ0) is 20.9. The van der Waals surface area contributed by atoms with Crippen molar-refractivity contribution < 1.29 is 17.9 Å². The van der Waals surface area contributed by atoms with E-state index in [0.717, 1.165) is 44.7 Å². The number of halogens is 4. The molecule has 2 atom stereocenters. The average Bonchev–Trinajstić information content (AvgIpc) is 2.73. The maximum Gasteiger partial charge on any atom is 0.416 e. The first-order valence-electron chi connectivity index (χ1n) is 10.3. The molecule has 1 aliphatic rings. The Morgan fingerprint density at radius 3 is 2.20 bits per heavy atom. The van der Waals surface area contributed by atoms with Gasteiger partial charge in [0.25, 0.3) is 0 Å². The molecule has 166 valence electrons. The van der Waals surface area contributed by atoms with Crippen molar-refractivity contribution in [3.63, 3.8) is 0 Å². The molecule has 2 aromatic carbocycles. The molecule has 1 aliphatic heterocycles. The lowest BCUT2D eigenvalue weighted by molar-refractivity contribution is -0.137. The summed E-state index contributed by atoms with van der Waals surface area (Å²) in [5.74, 6) is 1.11. The van der Waals surface area contributed by atoms with Crippen molar-refractivity contribution in [1.29, 1.82) is 0 Å². The highest BCUT2D eigenvalue weighted by Crippen LogP contribution is 2.33. The third-order valence-electron chi connectivity index (χ3n) is 5.70. The minimum absolute atomic E-state index is 0. The lowest BCUT2D eigenvalue weighted by Crippen LogP contribution is -2.38. The van der Waals surface area contributed by atoms with Crippen LogP contribution in [0.4, 0.5) is 18.9 Å². The zero-order valence-corrected chi connectivity index (χ0v) is 18.2. The Bertz CT molecular complexity index is 762. The van der Waals surface area contributed by atoms with Crippen LogP contribution >= 0.6 is 12.4 Å². The third kappa shape index (κ3) is 6.05. The Kier molecular flexibility index (Phi) is 8.86. The summed E-state index contributed by atoms with van der Waals surface area (Å²) in [6.07, 6.45) is -3.31. The van der Waals surface area contributed by atoms with Gasteiger partial charge in [-0.2, -0.15) is 13.2 Å². The molecule has 0 radical (unpaired) electrons. The number of benzene rings is 2. The van der Waals surface area contributed by atoms with E-state index in [4.69, 9.17) is 4.74 Å². The number of piperidine rings is 1. The summed E-state index contributed by atoms with van der Waals surface area (Å²) in [4.78, 5) is 2.32. The van der Waals surface area contributed by atoms with Crippen LogP contribution in [0.1, 0.15) is 37.3 Å². The molecule has 1 heterocycles. The van der Waals surface area contributed by atoms with Gasteiger partial charge in [0.05, 0.1) is 12.2 Å². The molecule has 0 aromatic heterocycles. The molecule has 0 saturated carbocycles. The molecule has 1 N–H and O–H groups in total. The van der Waals surface area contributed by atoms with Gasteiger partial charge in [-0.25, -0.2) is 0 Å². The van der Waals surface area contributed by atoms with Crippen LogP contribution in [0, 0.1) is 5.92 Å². The quantitative estimate of drug-likeness (QED) is 0.591. The van der Waals surface area contributed by atoms with Gasteiger partial charge < -0.3 is 15.0 Å². The van der Waals surface area contributed by atoms with E-state index >= 15 is 0 Å². The summed E-state index contributed by atoms with van der Waals surface area (Å²) in [7, 11) is 0. The predicted molar refractivity (Wildman–Crippen MR) is 118 cm³/mol. The second kappa shape index (κ2) is 10.9. The summed E-state index contributed by atoms with van der Waals surface area (Å²) >= 11 is 0. The molecule has 0 unspecified atom stereocenters. The predicted octanol–water partition coefficient (Wildman–Crippen LogP) is 5.75. The molecule has 2 aromatic rings. The number of rotatable bonds is 7. The molecule has 7 heteroatoms. The number of ether oxygens (including phenoxy) is 1. The van der Waals surface area contributed by atoms with Crippen LogP contribution in [0.5, 0.6) is 5.75 Å². The molecular formula is C23H30ClF3N2O. The fourth-order valence-corrected chi connectivity index (χ4v) is 4.00. The van der Waals surface area contributed by atoms with Crippen molar-refractivity contribution in [1.82, 2.24) is 5.32 Å². The summed E-state index contributed by atoms with van der Waals surface area (Å²) in [5, 5.41) is 3.41. The first kappa shape index (κ1) is 24.4. The number of hydrogen-bond donors (Lipinski definition) is 1. The summed E-state index contributed by atoms with van der Waals surface area (Å²) in [5.41, 5.74) is 1.86. The van der Waals surface area contributed by atoms with E-state index in [2.05, 4.69) is 48.3 Å². The molecule has 3 rings (SSSR count). The van der Waals surface area contributed by atoms with E-state index in [1.54, 1.807) is 0 Å². The van der Waals surface area contributed by atoms with Crippen LogP contribution in [-0.2, 0) is 6.18 Å². The molecule has 30 heavy (non-hydrogen) atoms. The molecule has 3 nitrogen and oxygen atoms in total. The smallest absolute Gasteiger partial charge is 0.416 e.